The molecule has 0 spiro atoms. The van der Waals surface area contributed by atoms with Crippen molar-refractivity contribution in [1.29, 1.82) is 0 Å². The summed E-state index contributed by atoms with van der Waals surface area (Å²) < 4.78 is 0. The van der Waals surface area contributed by atoms with Crippen LogP contribution in [-0.4, -0.2) is 23.5 Å². The highest BCUT2D eigenvalue weighted by Crippen LogP contribution is 2.35. The van der Waals surface area contributed by atoms with Crippen LogP contribution < -0.4 is 0 Å². The molecule has 0 aromatic heterocycles. The highest BCUT2D eigenvalue weighted by Gasteiger charge is 2.33. The van der Waals surface area contributed by atoms with Gasteiger partial charge in [0, 0.05) is 18.6 Å². The van der Waals surface area contributed by atoms with Crippen molar-refractivity contribution in [1.82, 2.24) is 4.90 Å². The molecule has 0 radical (unpaired) electrons. The van der Waals surface area contributed by atoms with Crippen molar-refractivity contribution in [3.63, 3.8) is 0 Å². The van der Waals surface area contributed by atoms with Gasteiger partial charge in [-0.1, -0.05) is 44.2 Å². The largest absolute Gasteiger partial charge is 0.297 e. The molecular weight excluding hydrogens is 218 g/mol. The molecule has 1 aliphatic heterocycles. The van der Waals surface area contributed by atoms with E-state index in [-0.39, 0.29) is 0 Å². The number of hydrogen-bond donors (Lipinski definition) is 0. The maximum atomic E-state index is 2.71. The van der Waals surface area contributed by atoms with Crippen molar-refractivity contribution < 1.29 is 0 Å². The van der Waals surface area contributed by atoms with Crippen molar-refractivity contribution in [3.05, 3.63) is 35.9 Å². The summed E-state index contributed by atoms with van der Waals surface area (Å²) in [6.07, 6.45) is 2.66. The zero-order chi connectivity index (χ0) is 13.1. The second kappa shape index (κ2) is 5.88. The number of rotatable bonds is 3. The first kappa shape index (κ1) is 13.6. The summed E-state index contributed by atoms with van der Waals surface area (Å²) >= 11 is 0. The molecule has 1 aliphatic rings. The second-order valence-corrected chi connectivity index (χ2v) is 6.27. The Labute approximate surface area is 112 Å². The molecule has 1 heterocycles. The van der Waals surface area contributed by atoms with Crippen LogP contribution in [0.1, 0.15) is 52.0 Å². The lowest BCUT2D eigenvalue weighted by Gasteiger charge is -2.45. The molecule has 18 heavy (non-hydrogen) atoms. The first-order chi connectivity index (χ1) is 8.59. The fraction of sp³-hybridized carbons (Fsp3) is 0.647. The highest BCUT2D eigenvalue weighted by molar-refractivity contribution is 5.22. The Hall–Kier alpha value is -0.820. The van der Waals surface area contributed by atoms with Crippen LogP contribution in [0.2, 0.25) is 0 Å². The second-order valence-electron chi connectivity index (χ2n) is 6.27. The third-order valence-corrected chi connectivity index (χ3v) is 4.37. The molecule has 0 amide bonds. The molecule has 1 heteroatoms. The third kappa shape index (κ3) is 2.95. The lowest BCUT2D eigenvalue weighted by molar-refractivity contribution is 0.0731. The first-order valence-corrected chi connectivity index (χ1v) is 7.40. The third-order valence-electron chi connectivity index (χ3n) is 4.37. The molecule has 1 saturated heterocycles. The molecule has 0 N–H and O–H groups in total. The van der Waals surface area contributed by atoms with E-state index in [9.17, 15) is 0 Å². The van der Waals surface area contributed by atoms with E-state index in [2.05, 4.69) is 62.9 Å². The van der Waals surface area contributed by atoms with Gasteiger partial charge in [-0.2, -0.15) is 0 Å². The number of piperidine rings is 1. The van der Waals surface area contributed by atoms with Gasteiger partial charge in [-0.25, -0.2) is 0 Å². The van der Waals surface area contributed by atoms with Crippen LogP contribution in [0.25, 0.3) is 0 Å². The predicted molar refractivity (Wildman–Crippen MR) is 78.9 cm³/mol. The summed E-state index contributed by atoms with van der Waals surface area (Å²) in [5.41, 5.74) is 1.52. The monoisotopic (exact) mass is 245 g/mol. The van der Waals surface area contributed by atoms with Gasteiger partial charge in [0.2, 0.25) is 0 Å². The van der Waals surface area contributed by atoms with E-state index >= 15 is 0 Å². The number of nitrogens with zero attached hydrogens (tertiary/aromatic N) is 1. The van der Waals surface area contributed by atoms with E-state index in [0.29, 0.717) is 12.0 Å². The van der Waals surface area contributed by atoms with Crippen LogP contribution in [0.5, 0.6) is 0 Å². The molecule has 3 unspecified atom stereocenters. The average Bonchev–Trinajstić information content (AvgIpc) is 2.35. The van der Waals surface area contributed by atoms with Crippen molar-refractivity contribution in [2.45, 2.75) is 58.5 Å². The van der Waals surface area contributed by atoms with Crippen molar-refractivity contribution in [2.75, 3.05) is 6.54 Å². The minimum atomic E-state index is 0.665. The average molecular weight is 245 g/mol. The van der Waals surface area contributed by atoms with Crippen LogP contribution in [0.4, 0.5) is 0 Å². The van der Waals surface area contributed by atoms with Crippen LogP contribution in [0.15, 0.2) is 30.3 Å². The van der Waals surface area contributed by atoms with Gasteiger partial charge in [0.05, 0.1) is 0 Å². The van der Waals surface area contributed by atoms with E-state index < -0.39 is 0 Å². The Morgan fingerprint density at radius 3 is 2.39 bits per heavy atom. The van der Waals surface area contributed by atoms with Crippen LogP contribution in [0, 0.1) is 5.92 Å². The Bertz CT molecular complexity index is 357. The lowest BCUT2D eigenvalue weighted by atomic mass is 9.81. The minimum Gasteiger partial charge on any atom is -0.297 e. The Balaban J connectivity index is 2.14. The summed E-state index contributed by atoms with van der Waals surface area (Å²) in [6.45, 7) is 10.7. The molecule has 1 aromatic rings. The van der Waals surface area contributed by atoms with Gasteiger partial charge >= 0.3 is 0 Å². The molecule has 100 valence electrons. The molecule has 1 aromatic carbocycles. The standard InChI is InChI=1S/C17H27N/c1-13(2)12-18-14(3)10-11-17(15(18)4)16-8-6-5-7-9-16/h5-9,13-15,17H,10-12H2,1-4H3. The zero-order valence-corrected chi connectivity index (χ0v) is 12.3. The van der Waals surface area contributed by atoms with Gasteiger partial charge in [-0.3, -0.25) is 4.90 Å². The molecule has 1 fully saturated rings. The Kier molecular flexibility index (Phi) is 4.45. The van der Waals surface area contributed by atoms with Crippen molar-refractivity contribution in [2.24, 2.45) is 5.92 Å². The minimum absolute atomic E-state index is 0.665. The quantitative estimate of drug-likeness (QED) is 0.767. The summed E-state index contributed by atoms with van der Waals surface area (Å²) in [6, 6.07) is 12.5. The summed E-state index contributed by atoms with van der Waals surface area (Å²) in [5.74, 6) is 1.46. The van der Waals surface area contributed by atoms with E-state index in [1.165, 1.54) is 24.9 Å². The Morgan fingerprint density at radius 1 is 1.11 bits per heavy atom. The molecule has 3 atom stereocenters. The van der Waals surface area contributed by atoms with E-state index in [1.807, 2.05) is 0 Å². The molecule has 1 nitrogen and oxygen atoms in total. The smallest absolute Gasteiger partial charge is 0.0139 e. The van der Waals surface area contributed by atoms with Gasteiger partial charge in [-0.05, 0) is 44.1 Å². The summed E-state index contributed by atoms with van der Waals surface area (Å²) in [4.78, 5) is 2.71. The molecule has 2 rings (SSSR count). The van der Waals surface area contributed by atoms with Gasteiger partial charge in [0.15, 0.2) is 0 Å². The molecule has 0 aliphatic carbocycles. The van der Waals surface area contributed by atoms with E-state index in [1.54, 1.807) is 0 Å². The van der Waals surface area contributed by atoms with Crippen molar-refractivity contribution >= 4 is 0 Å². The predicted octanol–water partition coefficient (Wildman–Crippen LogP) is 4.30. The topological polar surface area (TPSA) is 3.24 Å². The normalized spacial score (nSPS) is 29.7. The highest BCUT2D eigenvalue weighted by atomic mass is 15.2. The SMILES string of the molecule is CC(C)CN1C(C)CCC(c2ccccc2)C1C. The number of likely N-dealkylation sites (tertiary alicyclic amines) is 1. The van der Waals surface area contributed by atoms with Gasteiger partial charge in [0.25, 0.3) is 0 Å². The van der Waals surface area contributed by atoms with Gasteiger partial charge < -0.3 is 0 Å². The fourth-order valence-corrected chi connectivity index (χ4v) is 3.37. The molecule has 0 bridgehead atoms. The van der Waals surface area contributed by atoms with E-state index in [4.69, 9.17) is 0 Å². The number of benzene rings is 1. The maximum absolute atomic E-state index is 2.71. The fourth-order valence-electron chi connectivity index (χ4n) is 3.37. The van der Waals surface area contributed by atoms with Gasteiger partial charge in [0.1, 0.15) is 0 Å². The van der Waals surface area contributed by atoms with Crippen LogP contribution in [-0.2, 0) is 0 Å². The van der Waals surface area contributed by atoms with Crippen LogP contribution >= 0.6 is 0 Å². The summed E-state index contributed by atoms with van der Waals surface area (Å²) in [7, 11) is 0. The molecule has 0 saturated carbocycles. The van der Waals surface area contributed by atoms with Gasteiger partial charge in [-0.15, -0.1) is 0 Å². The summed E-state index contributed by atoms with van der Waals surface area (Å²) in [5, 5.41) is 0. The maximum Gasteiger partial charge on any atom is 0.0139 e. The lowest BCUT2D eigenvalue weighted by Crippen LogP contribution is -2.48. The zero-order valence-electron chi connectivity index (χ0n) is 12.3. The van der Waals surface area contributed by atoms with Crippen LogP contribution in [0.3, 0.4) is 0 Å². The van der Waals surface area contributed by atoms with E-state index in [0.717, 1.165) is 12.0 Å². The Morgan fingerprint density at radius 2 is 1.78 bits per heavy atom. The molecular formula is C17H27N. The number of hydrogen-bond acceptors (Lipinski definition) is 1. The van der Waals surface area contributed by atoms with Crippen molar-refractivity contribution in [3.8, 4) is 0 Å². The first-order valence-electron chi connectivity index (χ1n) is 7.40.